The van der Waals surface area contributed by atoms with Gasteiger partial charge in [0.25, 0.3) is 11.6 Å². The summed E-state index contributed by atoms with van der Waals surface area (Å²) in [5, 5.41) is 17.0. The molecule has 1 N–H and O–H groups in total. The van der Waals surface area contributed by atoms with Gasteiger partial charge in [0.15, 0.2) is 5.82 Å². The molecule has 0 aliphatic carbocycles. The van der Waals surface area contributed by atoms with Crippen molar-refractivity contribution in [1.29, 1.82) is 0 Å². The molecule has 0 aliphatic rings. The second-order valence-electron chi connectivity index (χ2n) is 5.75. The van der Waals surface area contributed by atoms with E-state index in [1.54, 1.807) is 20.1 Å². The minimum absolute atomic E-state index is 0.114. The molecule has 10 heteroatoms. The fourth-order valence-electron chi connectivity index (χ4n) is 2.34. The summed E-state index contributed by atoms with van der Waals surface area (Å²) in [5.41, 5.74) is 0.139. The van der Waals surface area contributed by atoms with Gasteiger partial charge in [0.2, 0.25) is 5.91 Å². The lowest BCUT2D eigenvalue weighted by Crippen LogP contribution is -2.39. The molecule has 27 heavy (non-hydrogen) atoms. The Balaban J connectivity index is 2.08. The fourth-order valence-corrected chi connectivity index (χ4v) is 2.34. The number of rotatable bonds is 9. The normalized spacial score (nSPS) is 10.4. The van der Waals surface area contributed by atoms with Gasteiger partial charge in [0.05, 0.1) is 4.92 Å². The smallest absolute Gasteiger partial charge is 0.269 e. The molecule has 2 rings (SSSR count). The molecule has 0 saturated heterocycles. The van der Waals surface area contributed by atoms with Crippen molar-refractivity contribution in [1.82, 2.24) is 10.1 Å². The largest absolute Gasteiger partial charge is 0.385 e. The van der Waals surface area contributed by atoms with E-state index in [1.165, 1.54) is 29.2 Å². The third kappa shape index (κ3) is 5.89. The highest BCUT2D eigenvalue weighted by Gasteiger charge is 2.20. The first-order valence-corrected chi connectivity index (χ1v) is 8.16. The van der Waals surface area contributed by atoms with Crippen LogP contribution in [0.3, 0.4) is 0 Å². The number of non-ortho nitro benzene ring substituents is 1. The summed E-state index contributed by atoms with van der Waals surface area (Å²) in [4.78, 5) is 36.5. The predicted octanol–water partition coefficient (Wildman–Crippen LogP) is 2.01. The molecular weight excluding hydrogens is 356 g/mol. The number of anilines is 1. The van der Waals surface area contributed by atoms with Crippen LogP contribution in [0.4, 0.5) is 11.5 Å². The third-order valence-electron chi connectivity index (χ3n) is 3.62. The number of amides is 2. The molecule has 0 fully saturated rings. The molecule has 1 aromatic carbocycles. The van der Waals surface area contributed by atoms with Crippen molar-refractivity contribution in [2.75, 3.05) is 32.1 Å². The van der Waals surface area contributed by atoms with E-state index < -0.39 is 16.7 Å². The van der Waals surface area contributed by atoms with Crippen LogP contribution in [0.5, 0.6) is 0 Å². The molecule has 2 aromatic rings. The van der Waals surface area contributed by atoms with Gasteiger partial charge in [-0.15, -0.1) is 0 Å². The van der Waals surface area contributed by atoms with Crippen molar-refractivity contribution in [2.24, 2.45) is 0 Å². The van der Waals surface area contributed by atoms with Crippen molar-refractivity contribution >= 4 is 23.3 Å². The van der Waals surface area contributed by atoms with Gasteiger partial charge in [-0.25, -0.2) is 0 Å². The average molecular weight is 376 g/mol. The molecule has 1 heterocycles. The zero-order chi connectivity index (χ0) is 19.8. The second kappa shape index (κ2) is 9.43. The fraction of sp³-hybridized carbons (Fsp3) is 0.353. The minimum Gasteiger partial charge on any atom is -0.385 e. The third-order valence-corrected chi connectivity index (χ3v) is 3.62. The number of aryl methyl sites for hydroxylation is 1. The molecule has 144 valence electrons. The number of hydrogen-bond acceptors (Lipinski definition) is 7. The van der Waals surface area contributed by atoms with Gasteiger partial charge < -0.3 is 19.5 Å². The van der Waals surface area contributed by atoms with E-state index in [9.17, 15) is 19.7 Å². The van der Waals surface area contributed by atoms with Crippen molar-refractivity contribution in [2.45, 2.75) is 13.3 Å². The van der Waals surface area contributed by atoms with E-state index in [0.717, 1.165) is 0 Å². The Morgan fingerprint density at radius 2 is 2.04 bits per heavy atom. The standard InChI is InChI=1S/C17H20N4O6/c1-12-10-15(19-27-12)18-16(22)11-20(8-3-9-26-2)17(23)13-4-6-14(7-5-13)21(24)25/h4-7,10H,3,8-9,11H2,1-2H3,(H,18,19,22). The molecule has 0 aliphatic heterocycles. The molecule has 2 amide bonds. The summed E-state index contributed by atoms with van der Waals surface area (Å²) >= 11 is 0. The van der Waals surface area contributed by atoms with Crippen LogP contribution in [-0.4, -0.2) is 53.6 Å². The van der Waals surface area contributed by atoms with Crippen molar-refractivity contribution in [3.63, 3.8) is 0 Å². The number of nitrogens with one attached hydrogen (secondary N) is 1. The maximum absolute atomic E-state index is 12.7. The number of hydrogen-bond donors (Lipinski definition) is 1. The molecule has 0 saturated carbocycles. The lowest BCUT2D eigenvalue weighted by molar-refractivity contribution is -0.384. The first-order chi connectivity index (χ1) is 12.9. The van der Waals surface area contributed by atoms with Gasteiger partial charge in [0.1, 0.15) is 12.3 Å². The summed E-state index contributed by atoms with van der Waals surface area (Å²) in [6, 6.07) is 6.79. The van der Waals surface area contributed by atoms with Crippen molar-refractivity contribution in [3.05, 3.63) is 51.8 Å². The number of carbonyl (C=O) groups excluding carboxylic acids is 2. The number of nitrogens with zero attached hydrogens (tertiary/aromatic N) is 3. The molecule has 10 nitrogen and oxygen atoms in total. The van der Waals surface area contributed by atoms with Gasteiger partial charge in [-0.1, -0.05) is 5.16 Å². The van der Waals surface area contributed by atoms with E-state index >= 15 is 0 Å². The number of aromatic nitrogens is 1. The SMILES string of the molecule is COCCCN(CC(=O)Nc1cc(C)on1)C(=O)c1ccc([N+](=O)[O-])cc1. The highest BCUT2D eigenvalue weighted by Crippen LogP contribution is 2.14. The zero-order valence-electron chi connectivity index (χ0n) is 15.0. The van der Waals surface area contributed by atoms with Crippen molar-refractivity contribution in [3.8, 4) is 0 Å². The number of ether oxygens (including phenoxy) is 1. The quantitative estimate of drug-likeness (QED) is 0.403. The van der Waals surface area contributed by atoms with E-state index in [-0.39, 0.29) is 30.2 Å². The number of benzene rings is 1. The second-order valence-corrected chi connectivity index (χ2v) is 5.75. The van der Waals surface area contributed by atoms with Crippen LogP contribution in [0.1, 0.15) is 22.5 Å². The Kier molecular flexibility index (Phi) is 7.00. The number of nitro benzene ring substituents is 1. The Labute approximate surface area is 155 Å². The van der Waals surface area contributed by atoms with E-state index in [1.807, 2.05) is 0 Å². The van der Waals surface area contributed by atoms with E-state index in [2.05, 4.69) is 10.5 Å². The van der Waals surface area contributed by atoms with Crippen LogP contribution in [0.15, 0.2) is 34.9 Å². The monoisotopic (exact) mass is 376 g/mol. The summed E-state index contributed by atoms with van der Waals surface area (Å²) < 4.78 is 9.87. The molecule has 0 bridgehead atoms. The summed E-state index contributed by atoms with van der Waals surface area (Å²) in [7, 11) is 1.54. The molecular formula is C17H20N4O6. The summed E-state index contributed by atoms with van der Waals surface area (Å²) in [6.07, 6.45) is 0.533. The highest BCUT2D eigenvalue weighted by atomic mass is 16.6. The molecule has 0 spiro atoms. The van der Waals surface area contributed by atoms with Crippen LogP contribution in [-0.2, 0) is 9.53 Å². The Morgan fingerprint density at radius 3 is 2.59 bits per heavy atom. The van der Waals surface area contributed by atoms with Crippen molar-refractivity contribution < 1.29 is 23.8 Å². The van der Waals surface area contributed by atoms with Gasteiger partial charge in [-0.05, 0) is 25.5 Å². The predicted molar refractivity (Wildman–Crippen MR) is 95.4 cm³/mol. The minimum atomic E-state index is -0.544. The summed E-state index contributed by atoms with van der Waals surface area (Å²) in [5.74, 6) is -0.0372. The Morgan fingerprint density at radius 1 is 1.33 bits per heavy atom. The van der Waals surface area contributed by atoms with Crippen LogP contribution in [0.25, 0.3) is 0 Å². The number of nitro groups is 1. The molecule has 1 aromatic heterocycles. The van der Waals surface area contributed by atoms with Gasteiger partial charge >= 0.3 is 0 Å². The number of carbonyl (C=O) groups is 2. The first kappa shape index (κ1) is 20.0. The molecule has 0 unspecified atom stereocenters. The topological polar surface area (TPSA) is 128 Å². The van der Waals surface area contributed by atoms with E-state index in [4.69, 9.17) is 9.26 Å². The van der Waals surface area contributed by atoms with Crippen LogP contribution < -0.4 is 5.32 Å². The van der Waals surface area contributed by atoms with Gasteiger partial charge in [-0.3, -0.25) is 19.7 Å². The van der Waals surface area contributed by atoms with Crippen LogP contribution >= 0.6 is 0 Å². The van der Waals surface area contributed by atoms with Crippen LogP contribution in [0, 0.1) is 17.0 Å². The lowest BCUT2D eigenvalue weighted by atomic mass is 10.1. The molecule has 0 radical (unpaired) electrons. The lowest BCUT2D eigenvalue weighted by Gasteiger charge is -2.22. The van der Waals surface area contributed by atoms with E-state index in [0.29, 0.717) is 18.8 Å². The van der Waals surface area contributed by atoms with Crippen LogP contribution in [0.2, 0.25) is 0 Å². The van der Waals surface area contributed by atoms with Gasteiger partial charge in [-0.2, -0.15) is 0 Å². The summed E-state index contributed by atoms with van der Waals surface area (Å²) in [6.45, 7) is 2.20. The highest BCUT2D eigenvalue weighted by molar-refractivity contribution is 5.99. The zero-order valence-corrected chi connectivity index (χ0v) is 15.0. The number of methoxy groups -OCH3 is 1. The molecule has 0 atom stereocenters. The van der Waals surface area contributed by atoms with Gasteiger partial charge in [0, 0.05) is 44.0 Å². The average Bonchev–Trinajstić information content (AvgIpc) is 3.05. The first-order valence-electron chi connectivity index (χ1n) is 8.16. The maximum Gasteiger partial charge on any atom is 0.269 e. The maximum atomic E-state index is 12.7. The Bertz CT molecular complexity index is 802. The Hall–Kier alpha value is -3.27.